The van der Waals surface area contributed by atoms with Crippen LogP contribution >= 0.6 is 0 Å². The number of hydrogen-bond acceptors (Lipinski definition) is 3. The highest BCUT2D eigenvalue weighted by molar-refractivity contribution is 5.56. The molecule has 1 rings (SSSR count). The van der Waals surface area contributed by atoms with Crippen LogP contribution in [0, 0.1) is 13.8 Å². The molecular formula is C10H15N3. The molecule has 0 spiro atoms. The first-order valence-corrected chi connectivity index (χ1v) is 4.15. The normalized spacial score (nSPS) is 10.7. The Labute approximate surface area is 78.6 Å². The van der Waals surface area contributed by atoms with E-state index in [1.54, 1.807) is 6.20 Å². The molecule has 1 aromatic rings. The minimum Gasteiger partial charge on any atom is -0.403 e. The molecule has 0 aromatic heterocycles. The van der Waals surface area contributed by atoms with E-state index < -0.39 is 0 Å². The highest BCUT2D eigenvalue weighted by atomic mass is 15.4. The number of nitrogens with two attached hydrogens (primary N) is 2. The van der Waals surface area contributed by atoms with Crippen molar-refractivity contribution in [3.05, 3.63) is 41.7 Å². The minimum atomic E-state index is 0.974. The zero-order valence-electron chi connectivity index (χ0n) is 7.99. The van der Waals surface area contributed by atoms with Gasteiger partial charge in [-0.05, 0) is 31.0 Å². The van der Waals surface area contributed by atoms with Crippen molar-refractivity contribution in [3.63, 3.8) is 0 Å². The molecule has 0 saturated heterocycles. The summed E-state index contributed by atoms with van der Waals surface area (Å²) < 4.78 is 0. The third kappa shape index (κ3) is 2.00. The Hall–Kier alpha value is -1.48. The van der Waals surface area contributed by atoms with Crippen molar-refractivity contribution in [1.82, 2.24) is 0 Å². The maximum Gasteiger partial charge on any atom is 0.0600 e. The summed E-state index contributed by atoms with van der Waals surface area (Å²) in [5, 5.41) is 1.52. The molecule has 3 nitrogen and oxygen atoms in total. The molecule has 13 heavy (non-hydrogen) atoms. The largest absolute Gasteiger partial charge is 0.403 e. The lowest BCUT2D eigenvalue weighted by Gasteiger charge is -2.17. The lowest BCUT2D eigenvalue weighted by molar-refractivity contribution is 1.05. The Bertz CT molecular complexity index is 318. The Morgan fingerprint density at radius 1 is 1.31 bits per heavy atom. The van der Waals surface area contributed by atoms with Gasteiger partial charge in [0.15, 0.2) is 0 Å². The first kappa shape index (κ1) is 9.61. The highest BCUT2D eigenvalue weighted by Crippen LogP contribution is 2.20. The number of rotatable bonds is 2. The number of hydrogen-bond donors (Lipinski definition) is 2. The summed E-state index contributed by atoms with van der Waals surface area (Å²) in [4.78, 5) is 0. The second-order valence-electron chi connectivity index (χ2n) is 2.97. The van der Waals surface area contributed by atoms with Crippen LogP contribution in [0.2, 0.25) is 0 Å². The van der Waals surface area contributed by atoms with Crippen LogP contribution in [-0.4, -0.2) is 0 Å². The summed E-state index contributed by atoms with van der Waals surface area (Å²) in [6.07, 6.45) is 3.05. The monoisotopic (exact) mass is 177 g/mol. The van der Waals surface area contributed by atoms with Crippen molar-refractivity contribution in [3.8, 4) is 0 Å². The van der Waals surface area contributed by atoms with E-state index in [9.17, 15) is 0 Å². The average molecular weight is 177 g/mol. The molecule has 0 aliphatic heterocycles. The van der Waals surface area contributed by atoms with Crippen LogP contribution in [0.3, 0.4) is 0 Å². The smallest absolute Gasteiger partial charge is 0.0600 e. The van der Waals surface area contributed by atoms with E-state index in [4.69, 9.17) is 11.6 Å². The lowest BCUT2D eigenvalue weighted by atomic mass is 10.1. The Balaban J connectivity index is 3.07. The molecule has 0 atom stereocenters. The molecule has 4 N–H and O–H groups in total. The van der Waals surface area contributed by atoms with Gasteiger partial charge < -0.3 is 5.73 Å². The summed E-state index contributed by atoms with van der Waals surface area (Å²) in [6.45, 7) is 4.09. The summed E-state index contributed by atoms with van der Waals surface area (Å²) in [6, 6.07) is 5.99. The van der Waals surface area contributed by atoms with E-state index in [0.717, 1.165) is 5.69 Å². The lowest BCUT2D eigenvalue weighted by Crippen LogP contribution is -2.25. The number of hydrazine groups is 1. The Kier molecular flexibility index (Phi) is 2.93. The minimum absolute atomic E-state index is 0.974. The van der Waals surface area contributed by atoms with Gasteiger partial charge in [-0.1, -0.05) is 12.1 Å². The Morgan fingerprint density at radius 2 is 2.00 bits per heavy atom. The van der Waals surface area contributed by atoms with Crippen LogP contribution in [0.5, 0.6) is 0 Å². The number of nitrogens with zero attached hydrogens (tertiary/aromatic N) is 1. The molecule has 0 unspecified atom stereocenters. The molecule has 0 amide bonds. The SMILES string of the molecule is Cc1cccc(N(N)/C=C\N)c1C. The summed E-state index contributed by atoms with van der Waals surface area (Å²) in [5.74, 6) is 5.74. The van der Waals surface area contributed by atoms with Gasteiger partial charge in [0.2, 0.25) is 0 Å². The topological polar surface area (TPSA) is 55.3 Å². The van der Waals surface area contributed by atoms with Crippen LogP contribution in [0.4, 0.5) is 5.69 Å². The van der Waals surface area contributed by atoms with Gasteiger partial charge in [-0.25, -0.2) is 5.84 Å². The summed E-state index contributed by atoms with van der Waals surface area (Å²) in [5.41, 5.74) is 8.62. The first-order chi connectivity index (χ1) is 6.16. The van der Waals surface area contributed by atoms with E-state index in [1.165, 1.54) is 22.3 Å². The van der Waals surface area contributed by atoms with E-state index in [1.807, 2.05) is 19.1 Å². The van der Waals surface area contributed by atoms with Gasteiger partial charge in [0.25, 0.3) is 0 Å². The van der Waals surface area contributed by atoms with E-state index in [0.29, 0.717) is 0 Å². The molecule has 1 aromatic carbocycles. The van der Waals surface area contributed by atoms with Crippen molar-refractivity contribution in [1.29, 1.82) is 0 Å². The third-order valence-electron chi connectivity index (χ3n) is 2.10. The maximum absolute atomic E-state index is 5.74. The summed E-state index contributed by atoms with van der Waals surface area (Å²) in [7, 11) is 0. The standard InChI is InChI=1S/C10H15N3/c1-8-4-3-5-10(9(8)2)13(12)7-6-11/h3-7H,11-12H2,1-2H3/b7-6-. The van der Waals surface area contributed by atoms with Crippen LogP contribution in [-0.2, 0) is 0 Å². The van der Waals surface area contributed by atoms with Crippen molar-refractivity contribution in [2.24, 2.45) is 11.6 Å². The van der Waals surface area contributed by atoms with E-state index in [-0.39, 0.29) is 0 Å². The zero-order chi connectivity index (χ0) is 9.84. The predicted octanol–water partition coefficient (Wildman–Crippen LogP) is 1.41. The number of benzene rings is 1. The quantitative estimate of drug-likeness (QED) is 0.530. The van der Waals surface area contributed by atoms with Gasteiger partial charge in [-0.15, -0.1) is 0 Å². The molecule has 0 aliphatic rings. The van der Waals surface area contributed by atoms with Crippen molar-refractivity contribution >= 4 is 5.69 Å². The van der Waals surface area contributed by atoms with E-state index >= 15 is 0 Å². The first-order valence-electron chi connectivity index (χ1n) is 4.15. The second kappa shape index (κ2) is 3.96. The van der Waals surface area contributed by atoms with Gasteiger partial charge in [0, 0.05) is 12.4 Å². The van der Waals surface area contributed by atoms with Crippen LogP contribution < -0.4 is 16.6 Å². The maximum atomic E-state index is 5.74. The summed E-state index contributed by atoms with van der Waals surface area (Å²) >= 11 is 0. The Morgan fingerprint density at radius 3 is 2.62 bits per heavy atom. The fourth-order valence-corrected chi connectivity index (χ4v) is 1.19. The van der Waals surface area contributed by atoms with Gasteiger partial charge in [-0.2, -0.15) is 0 Å². The second-order valence-corrected chi connectivity index (χ2v) is 2.97. The molecule has 0 fully saturated rings. The molecule has 0 radical (unpaired) electrons. The van der Waals surface area contributed by atoms with Gasteiger partial charge >= 0.3 is 0 Å². The van der Waals surface area contributed by atoms with Gasteiger partial charge in [-0.3, -0.25) is 5.01 Å². The fraction of sp³-hybridized carbons (Fsp3) is 0.200. The fourth-order valence-electron chi connectivity index (χ4n) is 1.19. The molecular weight excluding hydrogens is 162 g/mol. The molecule has 0 saturated carbocycles. The van der Waals surface area contributed by atoms with Gasteiger partial charge in [0.1, 0.15) is 0 Å². The highest BCUT2D eigenvalue weighted by Gasteiger charge is 2.02. The third-order valence-corrected chi connectivity index (χ3v) is 2.10. The van der Waals surface area contributed by atoms with Crippen molar-refractivity contribution < 1.29 is 0 Å². The van der Waals surface area contributed by atoms with E-state index in [2.05, 4.69) is 13.0 Å². The molecule has 0 heterocycles. The zero-order valence-corrected chi connectivity index (χ0v) is 7.99. The molecule has 0 bridgehead atoms. The van der Waals surface area contributed by atoms with Gasteiger partial charge in [0.05, 0.1) is 5.69 Å². The average Bonchev–Trinajstić information content (AvgIpc) is 2.10. The van der Waals surface area contributed by atoms with Crippen LogP contribution in [0.15, 0.2) is 30.6 Å². The van der Waals surface area contributed by atoms with Crippen LogP contribution in [0.1, 0.15) is 11.1 Å². The number of aryl methyl sites for hydroxylation is 1. The molecule has 3 heteroatoms. The van der Waals surface area contributed by atoms with Crippen molar-refractivity contribution in [2.75, 3.05) is 5.01 Å². The molecule has 70 valence electrons. The predicted molar refractivity (Wildman–Crippen MR) is 55.9 cm³/mol. The molecule has 0 aliphatic carbocycles. The van der Waals surface area contributed by atoms with Crippen LogP contribution in [0.25, 0.3) is 0 Å². The number of anilines is 1. The van der Waals surface area contributed by atoms with Crippen molar-refractivity contribution in [2.45, 2.75) is 13.8 Å².